The van der Waals surface area contributed by atoms with Crippen molar-refractivity contribution in [2.24, 2.45) is 0 Å². The molecule has 1 saturated carbocycles. The quantitative estimate of drug-likeness (QED) is 0.645. The summed E-state index contributed by atoms with van der Waals surface area (Å²) in [5, 5.41) is 0.304. The molecule has 1 aliphatic carbocycles. The molecule has 0 aliphatic heterocycles. The van der Waals surface area contributed by atoms with Crippen molar-refractivity contribution in [3.8, 4) is 0 Å². The van der Waals surface area contributed by atoms with Crippen LogP contribution in [0.1, 0.15) is 51.4 Å². The summed E-state index contributed by atoms with van der Waals surface area (Å²) in [6.07, 6.45) is 11.6. The van der Waals surface area contributed by atoms with Crippen molar-refractivity contribution in [3.05, 3.63) is 0 Å². The Morgan fingerprint density at radius 2 is 1.69 bits per heavy atom. The first-order chi connectivity index (χ1) is 6.34. The maximum atomic E-state index is 11.6. The van der Waals surface area contributed by atoms with Crippen LogP contribution in [0.2, 0.25) is 0 Å². The van der Waals surface area contributed by atoms with Gasteiger partial charge in [-0.15, -0.1) is 0 Å². The van der Waals surface area contributed by atoms with E-state index < -0.39 is 0 Å². The highest BCUT2D eigenvalue weighted by Crippen LogP contribution is 2.21. The zero-order valence-corrected chi connectivity index (χ0v) is 9.37. The summed E-state index contributed by atoms with van der Waals surface area (Å²) < 4.78 is 0. The second-order valence-corrected chi connectivity index (χ2v) is 4.89. The fourth-order valence-corrected chi connectivity index (χ4v) is 2.69. The van der Waals surface area contributed by atoms with Gasteiger partial charge in [-0.3, -0.25) is 4.79 Å². The van der Waals surface area contributed by atoms with E-state index in [-0.39, 0.29) is 0 Å². The minimum absolute atomic E-state index is 0.304. The van der Waals surface area contributed by atoms with Crippen molar-refractivity contribution in [1.82, 2.24) is 0 Å². The molecule has 0 N–H and O–H groups in total. The normalized spacial score (nSPS) is 27.2. The summed E-state index contributed by atoms with van der Waals surface area (Å²) >= 11 is 1.74. The fourth-order valence-electron chi connectivity index (χ4n) is 1.91. The van der Waals surface area contributed by atoms with Crippen LogP contribution in [0.25, 0.3) is 0 Å². The standard InChI is InChI=1S/C11H20OS/c1-13-11-9-7-5-3-2-4-6-8-10(11)12/h11H,2-9H2,1H3. The number of hydrogen-bond acceptors (Lipinski definition) is 2. The molecule has 0 radical (unpaired) electrons. The first-order valence-electron chi connectivity index (χ1n) is 5.40. The molecular formula is C11H20OS. The minimum Gasteiger partial charge on any atom is -0.298 e. The molecular weight excluding hydrogens is 180 g/mol. The van der Waals surface area contributed by atoms with Crippen molar-refractivity contribution in [2.75, 3.05) is 6.26 Å². The zero-order chi connectivity index (χ0) is 9.52. The number of carbonyl (C=O) groups is 1. The van der Waals surface area contributed by atoms with Crippen LogP contribution in [-0.2, 0) is 4.79 Å². The van der Waals surface area contributed by atoms with E-state index in [2.05, 4.69) is 6.26 Å². The van der Waals surface area contributed by atoms with E-state index in [4.69, 9.17) is 0 Å². The van der Waals surface area contributed by atoms with Gasteiger partial charge in [0.05, 0.1) is 5.25 Å². The molecule has 2 heteroatoms. The van der Waals surface area contributed by atoms with Gasteiger partial charge in [-0.1, -0.05) is 32.1 Å². The van der Waals surface area contributed by atoms with E-state index >= 15 is 0 Å². The molecule has 0 aromatic rings. The summed E-state index contributed by atoms with van der Waals surface area (Å²) in [6.45, 7) is 0. The van der Waals surface area contributed by atoms with Crippen molar-refractivity contribution < 1.29 is 4.79 Å². The van der Waals surface area contributed by atoms with Gasteiger partial charge in [0.2, 0.25) is 0 Å². The largest absolute Gasteiger partial charge is 0.298 e. The van der Waals surface area contributed by atoms with E-state index in [0.717, 1.165) is 19.3 Å². The molecule has 1 atom stereocenters. The Kier molecular flexibility index (Phi) is 5.52. The van der Waals surface area contributed by atoms with Crippen LogP contribution in [0.3, 0.4) is 0 Å². The molecule has 76 valence electrons. The fraction of sp³-hybridized carbons (Fsp3) is 0.909. The molecule has 0 saturated heterocycles. The van der Waals surface area contributed by atoms with Crippen LogP contribution < -0.4 is 0 Å². The van der Waals surface area contributed by atoms with Gasteiger partial charge in [-0.05, 0) is 19.1 Å². The van der Waals surface area contributed by atoms with Crippen LogP contribution in [0.4, 0.5) is 0 Å². The predicted octanol–water partition coefficient (Wildman–Crippen LogP) is 3.42. The van der Waals surface area contributed by atoms with Gasteiger partial charge < -0.3 is 0 Å². The van der Waals surface area contributed by atoms with Gasteiger partial charge in [0, 0.05) is 6.42 Å². The Morgan fingerprint density at radius 1 is 1.08 bits per heavy atom. The van der Waals surface area contributed by atoms with Crippen LogP contribution in [0.5, 0.6) is 0 Å². The van der Waals surface area contributed by atoms with Crippen LogP contribution in [0.15, 0.2) is 0 Å². The number of carbonyl (C=O) groups excluding carboxylic acids is 1. The monoisotopic (exact) mass is 200 g/mol. The second kappa shape index (κ2) is 6.47. The Hall–Kier alpha value is 0.0200. The number of Topliss-reactive ketones (excluding diaryl/α,β-unsaturated/α-hetero) is 1. The first-order valence-corrected chi connectivity index (χ1v) is 6.69. The summed E-state index contributed by atoms with van der Waals surface area (Å²) in [5.74, 6) is 0.495. The second-order valence-electron chi connectivity index (χ2n) is 3.85. The lowest BCUT2D eigenvalue weighted by Crippen LogP contribution is -2.17. The molecule has 0 heterocycles. The SMILES string of the molecule is CSC1CCCCCCCCC1=O. The highest BCUT2D eigenvalue weighted by molar-refractivity contribution is 7.99. The van der Waals surface area contributed by atoms with Crippen LogP contribution >= 0.6 is 11.8 Å². The van der Waals surface area contributed by atoms with Gasteiger partial charge in [0.1, 0.15) is 5.78 Å². The van der Waals surface area contributed by atoms with E-state index in [1.807, 2.05) is 0 Å². The Morgan fingerprint density at radius 3 is 2.38 bits per heavy atom. The molecule has 13 heavy (non-hydrogen) atoms. The molecule has 0 spiro atoms. The lowest BCUT2D eigenvalue weighted by atomic mass is 10.00. The maximum absolute atomic E-state index is 11.6. The lowest BCUT2D eigenvalue weighted by molar-refractivity contribution is -0.118. The lowest BCUT2D eigenvalue weighted by Gasteiger charge is -2.14. The number of rotatable bonds is 1. The van der Waals surface area contributed by atoms with Gasteiger partial charge in [-0.25, -0.2) is 0 Å². The Balaban J connectivity index is 2.37. The molecule has 1 aliphatic rings. The Bertz CT molecular complexity index is 156. The van der Waals surface area contributed by atoms with Gasteiger partial charge >= 0.3 is 0 Å². The first kappa shape index (κ1) is 11.1. The average Bonchev–Trinajstić information content (AvgIpc) is 2.16. The number of ketones is 1. The Labute approximate surface area is 85.7 Å². The topological polar surface area (TPSA) is 17.1 Å². The highest BCUT2D eigenvalue weighted by atomic mass is 32.2. The van der Waals surface area contributed by atoms with Crippen molar-refractivity contribution in [3.63, 3.8) is 0 Å². The molecule has 1 rings (SSSR count). The van der Waals surface area contributed by atoms with Crippen molar-refractivity contribution >= 4 is 17.5 Å². The summed E-state index contributed by atoms with van der Waals surface area (Å²) in [4.78, 5) is 11.6. The molecule has 1 nitrogen and oxygen atoms in total. The molecule has 0 bridgehead atoms. The summed E-state index contributed by atoms with van der Waals surface area (Å²) in [6, 6.07) is 0. The third-order valence-corrected chi connectivity index (χ3v) is 3.85. The maximum Gasteiger partial charge on any atom is 0.145 e. The van der Waals surface area contributed by atoms with E-state index in [1.165, 1.54) is 32.1 Å². The summed E-state index contributed by atoms with van der Waals surface area (Å²) in [5.41, 5.74) is 0. The smallest absolute Gasteiger partial charge is 0.145 e. The molecule has 0 aromatic carbocycles. The molecule has 0 amide bonds. The zero-order valence-electron chi connectivity index (χ0n) is 8.55. The third kappa shape index (κ3) is 4.17. The van der Waals surface area contributed by atoms with Gasteiger partial charge in [-0.2, -0.15) is 11.8 Å². The highest BCUT2D eigenvalue weighted by Gasteiger charge is 2.16. The number of hydrogen-bond donors (Lipinski definition) is 0. The van der Waals surface area contributed by atoms with Crippen LogP contribution in [0, 0.1) is 0 Å². The summed E-state index contributed by atoms with van der Waals surface area (Å²) in [7, 11) is 0. The molecule has 1 fully saturated rings. The third-order valence-electron chi connectivity index (χ3n) is 2.78. The minimum atomic E-state index is 0.304. The van der Waals surface area contributed by atoms with Crippen molar-refractivity contribution in [2.45, 2.75) is 56.6 Å². The predicted molar refractivity (Wildman–Crippen MR) is 59.2 cm³/mol. The number of thioether (sulfide) groups is 1. The molecule has 0 aromatic heterocycles. The average molecular weight is 200 g/mol. The van der Waals surface area contributed by atoms with Gasteiger partial charge in [0.15, 0.2) is 0 Å². The molecule has 1 unspecified atom stereocenters. The van der Waals surface area contributed by atoms with Crippen molar-refractivity contribution in [1.29, 1.82) is 0 Å². The van der Waals surface area contributed by atoms with Crippen LogP contribution in [-0.4, -0.2) is 17.3 Å². The van der Waals surface area contributed by atoms with E-state index in [0.29, 0.717) is 11.0 Å². The van der Waals surface area contributed by atoms with E-state index in [1.54, 1.807) is 11.8 Å². The van der Waals surface area contributed by atoms with Gasteiger partial charge in [0.25, 0.3) is 0 Å². The van der Waals surface area contributed by atoms with E-state index in [9.17, 15) is 4.79 Å².